The Morgan fingerprint density at radius 3 is 2.26 bits per heavy atom. The molecule has 0 spiro atoms. The summed E-state index contributed by atoms with van der Waals surface area (Å²) in [5.74, 6) is -0.470. The number of rotatable bonds is 3. The van der Waals surface area contributed by atoms with E-state index in [4.69, 9.17) is 14.2 Å². The molecule has 0 amide bonds. The summed E-state index contributed by atoms with van der Waals surface area (Å²) in [7, 11) is 4.13. The number of hydrogen-bond acceptors (Lipinski definition) is 6. The summed E-state index contributed by atoms with van der Waals surface area (Å²) in [6, 6.07) is 0. The van der Waals surface area contributed by atoms with E-state index in [9.17, 15) is 9.59 Å². The molecule has 1 aromatic heterocycles. The molecular formula is C12H15NO5S. The number of esters is 2. The molecule has 0 radical (unpaired) electrons. The van der Waals surface area contributed by atoms with Crippen LogP contribution in [0.1, 0.15) is 37.5 Å². The summed E-state index contributed by atoms with van der Waals surface area (Å²) < 4.78 is 16.8. The highest BCUT2D eigenvalue weighted by molar-refractivity contribution is 7.98. The molecule has 19 heavy (non-hydrogen) atoms. The van der Waals surface area contributed by atoms with Gasteiger partial charge in [-0.2, -0.15) is 0 Å². The third-order valence-electron chi connectivity index (χ3n) is 3.14. The number of carbonyl (C=O) groups excluding carboxylic acids is 2. The molecule has 0 N–H and O–H groups in total. The Labute approximate surface area is 115 Å². The van der Waals surface area contributed by atoms with Gasteiger partial charge in [-0.1, -0.05) is 0 Å². The Hall–Kier alpha value is -1.47. The minimum Gasteiger partial charge on any atom is -0.465 e. The molecule has 0 saturated carbocycles. The third kappa shape index (κ3) is 2.02. The predicted octanol–water partition coefficient (Wildman–Crippen LogP) is 1.72. The van der Waals surface area contributed by atoms with Crippen LogP contribution in [0.2, 0.25) is 0 Å². The highest BCUT2D eigenvalue weighted by Gasteiger charge is 2.37. The maximum atomic E-state index is 12.0. The van der Waals surface area contributed by atoms with Gasteiger partial charge in [0.05, 0.1) is 36.9 Å². The van der Waals surface area contributed by atoms with Crippen LogP contribution in [0, 0.1) is 6.92 Å². The van der Waals surface area contributed by atoms with Crippen molar-refractivity contribution in [3.8, 4) is 0 Å². The molecular weight excluding hydrogens is 270 g/mol. The van der Waals surface area contributed by atoms with Crippen LogP contribution in [-0.4, -0.2) is 37.8 Å². The minimum absolute atomic E-state index is 0.240. The summed E-state index contributed by atoms with van der Waals surface area (Å²) in [6.45, 7) is 1.78. The van der Waals surface area contributed by atoms with Crippen LogP contribution in [-0.2, 0) is 20.1 Å². The van der Waals surface area contributed by atoms with Crippen molar-refractivity contribution in [2.24, 2.45) is 0 Å². The zero-order valence-corrected chi connectivity index (χ0v) is 12.0. The summed E-state index contributed by atoms with van der Waals surface area (Å²) in [4.78, 5) is 23.9. The summed E-state index contributed by atoms with van der Waals surface area (Å²) in [5, 5.41) is 0. The van der Waals surface area contributed by atoms with Crippen molar-refractivity contribution < 1.29 is 23.8 Å². The molecule has 0 aliphatic carbocycles. The summed E-state index contributed by atoms with van der Waals surface area (Å²) in [6.07, 6.45) is 0. The van der Waals surface area contributed by atoms with Crippen molar-refractivity contribution >= 4 is 23.7 Å². The largest absolute Gasteiger partial charge is 0.465 e. The van der Waals surface area contributed by atoms with Crippen molar-refractivity contribution in [2.45, 2.75) is 18.2 Å². The lowest BCUT2D eigenvalue weighted by molar-refractivity contribution is 0.0552. The first kappa shape index (κ1) is 14.0. The molecule has 1 unspecified atom stereocenters. The first-order valence-corrected chi connectivity index (χ1v) is 6.65. The highest BCUT2D eigenvalue weighted by Crippen LogP contribution is 2.43. The van der Waals surface area contributed by atoms with E-state index >= 15 is 0 Å². The maximum Gasteiger partial charge on any atom is 0.340 e. The standard InChI is InChI=1S/C12H15NO5S/c1-6-7(10(14)16-2)8(11(15)17-3)9-12(18-4)19-5-13(6)9/h12H,5H2,1-4H3. The van der Waals surface area contributed by atoms with Gasteiger partial charge in [-0.25, -0.2) is 9.59 Å². The lowest BCUT2D eigenvalue weighted by Gasteiger charge is -2.09. The molecule has 0 saturated heterocycles. The second-order valence-electron chi connectivity index (χ2n) is 4.00. The lowest BCUT2D eigenvalue weighted by Crippen LogP contribution is -2.13. The summed E-state index contributed by atoms with van der Waals surface area (Å²) in [5.41, 5.74) is 1.56. The van der Waals surface area contributed by atoms with Crippen LogP contribution in [0.5, 0.6) is 0 Å². The Morgan fingerprint density at radius 2 is 1.74 bits per heavy atom. The van der Waals surface area contributed by atoms with Crippen LogP contribution >= 0.6 is 11.8 Å². The van der Waals surface area contributed by atoms with Gasteiger partial charge < -0.3 is 18.8 Å². The van der Waals surface area contributed by atoms with E-state index < -0.39 is 11.9 Å². The summed E-state index contributed by atoms with van der Waals surface area (Å²) >= 11 is 1.54. The lowest BCUT2D eigenvalue weighted by atomic mass is 10.1. The monoisotopic (exact) mass is 285 g/mol. The number of methoxy groups -OCH3 is 3. The fourth-order valence-electron chi connectivity index (χ4n) is 2.23. The number of aromatic nitrogens is 1. The zero-order valence-electron chi connectivity index (χ0n) is 11.2. The van der Waals surface area contributed by atoms with Crippen molar-refractivity contribution in [2.75, 3.05) is 21.3 Å². The van der Waals surface area contributed by atoms with Crippen LogP contribution in [0.3, 0.4) is 0 Å². The molecule has 6 nitrogen and oxygen atoms in total. The van der Waals surface area contributed by atoms with Gasteiger partial charge in [-0.3, -0.25) is 0 Å². The molecule has 1 aliphatic heterocycles. The van der Waals surface area contributed by atoms with Gasteiger partial charge in [0, 0.05) is 12.8 Å². The predicted molar refractivity (Wildman–Crippen MR) is 69.2 cm³/mol. The quantitative estimate of drug-likeness (QED) is 0.788. The van der Waals surface area contributed by atoms with E-state index in [2.05, 4.69) is 0 Å². The van der Waals surface area contributed by atoms with Crippen molar-refractivity contribution in [3.05, 3.63) is 22.5 Å². The second-order valence-corrected chi connectivity index (χ2v) is 5.01. The van der Waals surface area contributed by atoms with Gasteiger partial charge >= 0.3 is 11.9 Å². The van der Waals surface area contributed by atoms with Gasteiger partial charge in [0.15, 0.2) is 0 Å². The molecule has 2 heterocycles. The average molecular weight is 285 g/mol. The molecule has 104 valence electrons. The molecule has 1 atom stereocenters. The van der Waals surface area contributed by atoms with Crippen LogP contribution < -0.4 is 0 Å². The number of carbonyl (C=O) groups is 2. The van der Waals surface area contributed by atoms with E-state index in [0.717, 1.165) is 0 Å². The number of hydrogen-bond donors (Lipinski definition) is 0. The zero-order chi connectivity index (χ0) is 14.2. The number of ether oxygens (including phenoxy) is 3. The molecule has 0 aromatic carbocycles. The number of nitrogens with zero attached hydrogens (tertiary/aromatic N) is 1. The molecule has 1 aliphatic rings. The van der Waals surface area contributed by atoms with Gasteiger partial charge in [0.1, 0.15) is 5.44 Å². The average Bonchev–Trinajstić information content (AvgIpc) is 2.96. The molecule has 0 fully saturated rings. The normalized spacial score (nSPS) is 17.2. The molecule has 1 aromatic rings. The van der Waals surface area contributed by atoms with Crippen molar-refractivity contribution in [3.63, 3.8) is 0 Å². The SMILES string of the molecule is COC(=O)c1c(C(=O)OC)c2n(c1C)CSC2OC. The van der Waals surface area contributed by atoms with Crippen LogP contribution in [0.25, 0.3) is 0 Å². The van der Waals surface area contributed by atoms with Gasteiger partial charge in [-0.15, -0.1) is 11.8 Å². The van der Waals surface area contributed by atoms with E-state index in [1.165, 1.54) is 14.2 Å². The molecule has 7 heteroatoms. The van der Waals surface area contributed by atoms with Crippen LogP contribution in [0.4, 0.5) is 0 Å². The Bertz CT molecular complexity index is 537. The van der Waals surface area contributed by atoms with Gasteiger partial charge in [-0.05, 0) is 6.92 Å². The highest BCUT2D eigenvalue weighted by atomic mass is 32.2. The van der Waals surface area contributed by atoms with Gasteiger partial charge in [0.2, 0.25) is 0 Å². The fourth-order valence-corrected chi connectivity index (χ4v) is 3.39. The van der Waals surface area contributed by atoms with E-state index in [-0.39, 0.29) is 16.6 Å². The Kier molecular flexibility index (Phi) is 3.86. The Balaban J connectivity index is 2.69. The Morgan fingerprint density at radius 1 is 1.16 bits per heavy atom. The number of thioether (sulfide) groups is 1. The first-order valence-electron chi connectivity index (χ1n) is 5.60. The smallest absolute Gasteiger partial charge is 0.340 e. The third-order valence-corrected chi connectivity index (χ3v) is 4.26. The molecule has 2 rings (SSSR count). The van der Waals surface area contributed by atoms with Gasteiger partial charge in [0.25, 0.3) is 0 Å². The topological polar surface area (TPSA) is 66.8 Å². The minimum atomic E-state index is -0.554. The van der Waals surface area contributed by atoms with E-state index in [1.807, 2.05) is 4.57 Å². The second kappa shape index (κ2) is 5.26. The van der Waals surface area contributed by atoms with E-state index in [1.54, 1.807) is 25.8 Å². The van der Waals surface area contributed by atoms with Crippen LogP contribution in [0.15, 0.2) is 0 Å². The fraction of sp³-hybridized carbons (Fsp3) is 0.500. The van der Waals surface area contributed by atoms with Crippen molar-refractivity contribution in [1.29, 1.82) is 0 Å². The van der Waals surface area contributed by atoms with Crippen molar-refractivity contribution in [1.82, 2.24) is 4.57 Å². The molecule has 0 bridgehead atoms. The maximum absolute atomic E-state index is 12.0. The first-order chi connectivity index (χ1) is 9.06. The number of fused-ring (bicyclic) bond motifs is 1. The van der Waals surface area contributed by atoms with E-state index in [0.29, 0.717) is 17.3 Å².